The van der Waals surface area contributed by atoms with E-state index in [0.29, 0.717) is 23.2 Å². The van der Waals surface area contributed by atoms with Gasteiger partial charge in [-0.25, -0.2) is 0 Å². The van der Waals surface area contributed by atoms with Gasteiger partial charge in [0.05, 0.1) is 24.2 Å². The summed E-state index contributed by atoms with van der Waals surface area (Å²) < 4.78 is 2.05. The van der Waals surface area contributed by atoms with E-state index < -0.39 is 0 Å². The molecule has 0 bridgehead atoms. The van der Waals surface area contributed by atoms with Crippen LogP contribution in [0.1, 0.15) is 18.9 Å². The van der Waals surface area contributed by atoms with Crippen LogP contribution in [0, 0.1) is 11.3 Å². The van der Waals surface area contributed by atoms with Crippen LogP contribution in [-0.2, 0) is 11.3 Å². The summed E-state index contributed by atoms with van der Waals surface area (Å²) in [5, 5.41) is 11.3. The topological polar surface area (TPSA) is 61.4 Å². The van der Waals surface area contributed by atoms with Crippen LogP contribution in [0.15, 0.2) is 65.8 Å². The van der Waals surface area contributed by atoms with Gasteiger partial charge in [-0.05, 0) is 43.3 Å². The maximum absolute atomic E-state index is 13.3. The Balaban J connectivity index is 1.67. The van der Waals surface area contributed by atoms with Crippen molar-refractivity contribution in [1.82, 2.24) is 4.57 Å². The molecule has 1 aliphatic rings. The highest BCUT2D eigenvalue weighted by atomic mass is 35.5. The Morgan fingerprint density at radius 3 is 2.81 bits per heavy atom. The number of carbonyl (C=O) groups is 1. The van der Waals surface area contributed by atoms with E-state index in [9.17, 15) is 4.79 Å². The van der Waals surface area contributed by atoms with Crippen LogP contribution in [0.5, 0.6) is 0 Å². The van der Waals surface area contributed by atoms with Gasteiger partial charge in [0.1, 0.15) is 0 Å². The van der Waals surface area contributed by atoms with Crippen molar-refractivity contribution in [1.29, 1.82) is 5.26 Å². The monoisotopic (exact) mass is 448 g/mol. The molecule has 0 N–H and O–H groups in total. The van der Waals surface area contributed by atoms with Gasteiger partial charge in [0.2, 0.25) is 0 Å². The van der Waals surface area contributed by atoms with Crippen LogP contribution < -0.4 is 4.90 Å². The fraction of sp³-hybridized carbons (Fsp3) is 0.208. The average molecular weight is 449 g/mol. The molecule has 0 fully saturated rings. The lowest BCUT2D eigenvalue weighted by molar-refractivity contribution is -0.113. The normalized spacial score (nSPS) is 15.9. The number of hydrogen-bond donors (Lipinski definition) is 0. The summed E-state index contributed by atoms with van der Waals surface area (Å²) in [6, 6.07) is 17.6. The maximum atomic E-state index is 13.3. The summed E-state index contributed by atoms with van der Waals surface area (Å²) in [5.74, 6) is 0.680. The molecule has 0 spiro atoms. The standard InChI is InChI=1S/C24H21ClN4OS/c1-17-16-31-24(27-17)29(20-10-8-19(25)9-11-20)23(30)12-7-18-15-28(14-4-13-26)22-6-3-2-5-21(18)22/h2-3,5-12,15,17H,4,14,16H2,1H3/b12-7+. The van der Waals surface area contributed by atoms with Crippen molar-refractivity contribution in [3.05, 3.63) is 71.4 Å². The first-order valence-corrected chi connectivity index (χ1v) is 11.4. The number of aliphatic imine (C=N–C) groups is 1. The summed E-state index contributed by atoms with van der Waals surface area (Å²) >= 11 is 7.62. The first-order valence-electron chi connectivity index (χ1n) is 10.00. The number of anilines is 1. The minimum atomic E-state index is -0.170. The van der Waals surface area contributed by atoms with Crippen LogP contribution in [-0.4, -0.2) is 27.4 Å². The lowest BCUT2D eigenvalue weighted by Crippen LogP contribution is -2.33. The van der Waals surface area contributed by atoms with Gasteiger partial charge in [-0.1, -0.05) is 41.6 Å². The number of fused-ring (bicyclic) bond motifs is 1. The van der Waals surface area contributed by atoms with Crippen molar-refractivity contribution in [2.45, 2.75) is 25.9 Å². The second-order valence-corrected chi connectivity index (χ2v) is 8.68. The average Bonchev–Trinajstić information content (AvgIpc) is 3.36. The van der Waals surface area contributed by atoms with Gasteiger partial charge >= 0.3 is 0 Å². The first kappa shape index (κ1) is 21.2. The number of para-hydroxylation sites is 1. The summed E-state index contributed by atoms with van der Waals surface area (Å²) in [7, 11) is 0. The molecule has 1 aliphatic heterocycles. The van der Waals surface area contributed by atoms with E-state index >= 15 is 0 Å². The third kappa shape index (κ3) is 4.68. The van der Waals surface area contributed by atoms with E-state index in [1.807, 2.05) is 55.6 Å². The Hall–Kier alpha value is -3.01. The zero-order chi connectivity index (χ0) is 21.8. The zero-order valence-electron chi connectivity index (χ0n) is 17.0. The molecule has 2 heterocycles. The molecule has 0 saturated heterocycles. The van der Waals surface area contributed by atoms with E-state index in [2.05, 4.69) is 15.6 Å². The molecule has 0 radical (unpaired) electrons. The van der Waals surface area contributed by atoms with Crippen LogP contribution in [0.2, 0.25) is 5.02 Å². The molecule has 5 nitrogen and oxygen atoms in total. The van der Waals surface area contributed by atoms with Crippen molar-refractivity contribution in [2.24, 2.45) is 4.99 Å². The van der Waals surface area contributed by atoms with E-state index in [1.165, 1.54) is 0 Å². The number of amides is 1. The van der Waals surface area contributed by atoms with Gasteiger partial charge < -0.3 is 4.57 Å². The number of aryl methyl sites for hydroxylation is 1. The first-order chi connectivity index (χ1) is 15.1. The van der Waals surface area contributed by atoms with E-state index in [4.69, 9.17) is 16.9 Å². The molecule has 156 valence electrons. The Kier molecular flexibility index (Phi) is 6.45. The van der Waals surface area contributed by atoms with Gasteiger partial charge in [-0.15, -0.1) is 0 Å². The summed E-state index contributed by atoms with van der Waals surface area (Å²) in [6.45, 7) is 2.65. The van der Waals surface area contributed by atoms with Crippen molar-refractivity contribution in [2.75, 3.05) is 10.7 Å². The minimum absolute atomic E-state index is 0.170. The lowest BCUT2D eigenvalue weighted by atomic mass is 10.1. The van der Waals surface area contributed by atoms with Crippen LogP contribution in [0.4, 0.5) is 5.69 Å². The van der Waals surface area contributed by atoms with Gasteiger partial charge in [-0.2, -0.15) is 5.26 Å². The maximum Gasteiger partial charge on any atom is 0.257 e. The molecule has 31 heavy (non-hydrogen) atoms. The predicted octanol–water partition coefficient (Wildman–Crippen LogP) is 5.75. The quantitative estimate of drug-likeness (QED) is 0.467. The van der Waals surface area contributed by atoms with Gasteiger partial charge in [0.25, 0.3) is 5.91 Å². The summed E-state index contributed by atoms with van der Waals surface area (Å²) in [5.41, 5.74) is 2.71. The number of hydrogen-bond acceptors (Lipinski definition) is 4. The Labute approximate surface area is 190 Å². The minimum Gasteiger partial charge on any atom is -0.346 e. The van der Waals surface area contributed by atoms with E-state index in [1.54, 1.807) is 34.9 Å². The number of aromatic nitrogens is 1. The number of nitrogens with zero attached hydrogens (tertiary/aromatic N) is 4. The third-order valence-corrected chi connectivity index (χ3v) is 6.42. The number of rotatable bonds is 5. The molecule has 4 rings (SSSR count). The molecular weight excluding hydrogens is 428 g/mol. The molecule has 1 amide bonds. The van der Waals surface area contributed by atoms with E-state index in [-0.39, 0.29) is 11.9 Å². The van der Waals surface area contributed by atoms with Gasteiger partial charge in [-0.3, -0.25) is 14.7 Å². The van der Waals surface area contributed by atoms with Gasteiger partial charge in [0.15, 0.2) is 5.17 Å². The van der Waals surface area contributed by atoms with Crippen molar-refractivity contribution < 1.29 is 4.79 Å². The Morgan fingerprint density at radius 1 is 1.32 bits per heavy atom. The number of amidine groups is 1. The SMILES string of the molecule is CC1CSC(N(C(=O)/C=C/c2cn(CCC#N)c3ccccc23)c2ccc(Cl)cc2)=N1. The number of benzene rings is 2. The van der Waals surface area contributed by atoms with Crippen LogP contribution in [0.25, 0.3) is 17.0 Å². The zero-order valence-corrected chi connectivity index (χ0v) is 18.6. The Bertz CT molecular complexity index is 1210. The van der Waals surface area contributed by atoms with Crippen molar-refractivity contribution >= 4 is 57.1 Å². The predicted molar refractivity (Wildman–Crippen MR) is 129 cm³/mol. The highest BCUT2D eigenvalue weighted by Gasteiger charge is 2.25. The van der Waals surface area contributed by atoms with Crippen molar-refractivity contribution in [3.8, 4) is 6.07 Å². The lowest BCUT2D eigenvalue weighted by Gasteiger charge is -2.20. The highest BCUT2D eigenvalue weighted by molar-refractivity contribution is 8.14. The largest absolute Gasteiger partial charge is 0.346 e. The van der Waals surface area contributed by atoms with Gasteiger partial charge in [0, 0.05) is 46.1 Å². The molecule has 0 aliphatic carbocycles. The van der Waals surface area contributed by atoms with E-state index in [0.717, 1.165) is 27.9 Å². The summed E-state index contributed by atoms with van der Waals surface area (Å²) in [4.78, 5) is 19.5. The third-order valence-electron chi connectivity index (χ3n) is 4.97. The fourth-order valence-electron chi connectivity index (χ4n) is 3.50. The molecule has 2 aromatic carbocycles. The summed E-state index contributed by atoms with van der Waals surface area (Å²) in [6.07, 6.45) is 5.83. The molecule has 1 unspecified atom stereocenters. The second kappa shape index (κ2) is 9.42. The number of thioether (sulfide) groups is 1. The Morgan fingerprint density at radius 2 is 2.10 bits per heavy atom. The van der Waals surface area contributed by atoms with Crippen LogP contribution in [0.3, 0.4) is 0 Å². The number of carbonyl (C=O) groups excluding carboxylic acids is 1. The smallest absolute Gasteiger partial charge is 0.257 e. The molecule has 0 saturated carbocycles. The number of halogens is 1. The second-order valence-electron chi connectivity index (χ2n) is 7.26. The van der Waals surface area contributed by atoms with Crippen LogP contribution >= 0.6 is 23.4 Å². The molecule has 1 aromatic heterocycles. The highest BCUT2D eigenvalue weighted by Crippen LogP contribution is 2.28. The molecule has 1 atom stereocenters. The van der Waals surface area contributed by atoms with Crippen molar-refractivity contribution in [3.63, 3.8) is 0 Å². The number of nitriles is 1. The fourth-order valence-corrected chi connectivity index (χ4v) is 4.67. The molecule has 7 heteroatoms. The molecule has 3 aromatic rings. The molecular formula is C24H21ClN4OS.